The highest BCUT2D eigenvalue weighted by atomic mass is 35.5. The summed E-state index contributed by atoms with van der Waals surface area (Å²) in [5.74, 6) is -0.122. The summed E-state index contributed by atoms with van der Waals surface area (Å²) in [6.45, 7) is 0. The number of imide groups is 1. The van der Waals surface area contributed by atoms with Gasteiger partial charge in [0.15, 0.2) is 0 Å². The van der Waals surface area contributed by atoms with E-state index in [1.54, 1.807) is 37.4 Å². The predicted octanol–water partition coefficient (Wildman–Crippen LogP) is 3.75. The second-order valence-electron chi connectivity index (χ2n) is 5.24. The van der Waals surface area contributed by atoms with Crippen molar-refractivity contribution in [3.8, 4) is 5.75 Å². The molecule has 1 saturated heterocycles. The van der Waals surface area contributed by atoms with Crippen molar-refractivity contribution in [2.24, 2.45) is 0 Å². The Morgan fingerprint density at radius 2 is 1.88 bits per heavy atom. The molecule has 124 valence electrons. The molecule has 2 aromatic rings. The van der Waals surface area contributed by atoms with Gasteiger partial charge in [-0.15, -0.1) is 0 Å². The second kappa shape index (κ2) is 6.71. The number of anilines is 2. The van der Waals surface area contributed by atoms with Gasteiger partial charge in [-0.1, -0.05) is 41.4 Å². The van der Waals surface area contributed by atoms with Crippen LogP contribution in [0.4, 0.5) is 11.4 Å². The molecule has 1 fully saturated rings. The van der Waals surface area contributed by atoms with Crippen LogP contribution in [-0.4, -0.2) is 25.0 Å². The first-order chi connectivity index (χ1) is 11.5. The number of hydrogen-bond donors (Lipinski definition) is 1. The Hall–Kier alpha value is -2.24. The van der Waals surface area contributed by atoms with E-state index in [-0.39, 0.29) is 28.3 Å². The van der Waals surface area contributed by atoms with E-state index in [0.717, 1.165) is 4.90 Å². The van der Waals surface area contributed by atoms with Gasteiger partial charge in [0, 0.05) is 0 Å². The number of methoxy groups -OCH3 is 1. The number of carbonyl (C=O) groups excluding carboxylic acids is 2. The Morgan fingerprint density at radius 3 is 2.62 bits per heavy atom. The van der Waals surface area contributed by atoms with Crippen molar-refractivity contribution in [1.29, 1.82) is 0 Å². The van der Waals surface area contributed by atoms with Gasteiger partial charge in [-0.25, -0.2) is 4.90 Å². The molecule has 5 nitrogen and oxygen atoms in total. The lowest BCUT2D eigenvalue weighted by Crippen LogP contribution is -2.35. The molecule has 0 unspecified atom stereocenters. The maximum atomic E-state index is 12.7. The van der Waals surface area contributed by atoms with Crippen molar-refractivity contribution in [1.82, 2.24) is 0 Å². The molecular weight excluding hydrogens is 351 g/mol. The van der Waals surface area contributed by atoms with Crippen LogP contribution in [0, 0.1) is 0 Å². The Bertz CT molecular complexity index is 810. The van der Waals surface area contributed by atoms with Crippen LogP contribution >= 0.6 is 23.2 Å². The number of halogens is 2. The van der Waals surface area contributed by atoms with Crippen LogP contribution in [0.3, 0.4) is 0 Å². The highest BCUT2D eigenvalue weighted by molar-refractivity contribution is 6.45. The monoisotopic (exact) mass is 364 g/mol. The molecule has 2 aromatic carbocycles. The quantitative estimate of drug-likeness (QED) is 0.839. The minimum Gasteiger partial charge on any atom is -0.495 e. The molecule has 3 rings (SSSR count). The zero-order valence-corrected chi connectivity index (χ0v) is 14.3. The zero-order chi connectivity index (χ0) is 17.3. The van der Waals surface area contributed by atoms with Crippen LogP contribution in [0.15, 0.2) is 42.5 Å². The fraction of sp³-hybridized carbons (Fsp3) is 0.176. The maximum absolute atomic E-state index is 12.7. The molecule has 1 aliphatic heterocycles. The molecule has 0 radical (unpaired) electrons. The van der Waals surface area contributed by atoms with Gasteiger partial charge in [0.25, 0.3) is 5.91 Å². The van der Waals surface area contributed by atoms with Gasteiger partial charge in [-0.2, -0.15) is 0 Å². The van der Waals surface area contributed by atoms with Gasteiger partial charge in [-0.3, -0.25) is 9.59 Å². The molecule has 2 amide bonds. The summed E-state index contributed by atoms with van der Waals surface area (Å²) >= 11 is 12.1. The lowest BCUT2D eigenvalue weighted by Gasteiger charge is -2.18. The SMILES string of the molecule is COc1ccccc1N[C@@H]1CC(=O)N(c2cccc(Cl)c2Cl)C1=O. The third-order valence-electron chi connectivity index (χ3n) is 3.76. The van der Waals surface area contributed by atoms with Gasteiger partial charge < -0.3 is 10.1 Å². The van der Waals surface area contributed by atoms with Crippen LogP contribution < -0.4 is 15.0 Å². The summed E-state index contributed by atoms with van der Waals surface area (Å²) in [5.41, 5.74) is 0.939. The number of nitrogens with one attached hydrogen (secondary N) is 1. The molecule has 1 N–H and O–H groups in total. The van der Waals surface area contributed by atoms with Crippen molar-refractivity contribution in [3.05, 3.63) is 52.5 Å². The van der Waals surface area contributed by atoms with Gasteiger partial charge in [0.2, 0.25) is 5.91 Å². The molecule has 24 heavy (non-hydrogen) atoms. The van der Waals surface area contributed by atoms with E-state index < -0.39 is 6.04 Å². The van der Waals surface area contributed by atoms with Gasteiger partial charge in [0.1, 0.15) is 11.8 Å². The average Bonchev–Trinajstić information content (AvgIpc) is 2.85. The molecule has 7 heteroatoms. The van der Waals surface area contributed by atoms with Gasteiger partial charge in [-0.05, 0) is 24.3 Å². The largest absolute Gasteiger partial charge is 0.495 e. The van der Waals surface area contributed by atoms with Crippen LogP contribution in [0.25, 0.3) is 0 Å². The molecular formula is C17H14Cl2N2O3. The lowest BCUT2D eigenvalue weighted by atomic mass is 10.2. The Kier molecular flexibility index (Phi) is 4.64. The van der Waals surface area contributed by atoms with Gasteiger partial charge in [0.05, 0.1) is 35.0 Å². The number of ether oxygens (including phenoxy) is 1. The number of hydrogen-bond acceptors (Lipinski definition) is 4. The summed E-state index contributed by atoms with van der Waals surface area (Å²) < 4.78 is 5.25. The van der Waals surface area contributed by atoms with Crippen LogP contribution in [0.1, 0.15) is 6.42 Å². The first-order valence-electron chi connectivity index (χ1n) is 7.23. The number of rotatable bonds is 4. The topological polar surface area (TPSA) is 58.6 Å². The number of benzene rings is 2. The Morgan fingerprint density at radius 1 is 1.12 bits per heavy atom. The van der Waals surface area contributed by atoms with E-state index in [0.29, 0.717) is 17.1 Å². The summed E-state index contributed by atoms with van der Waals surface area (Å²) in [7, 11) is 1.54. The van der Waals surface area contributed by atoms with Crippen molar-refractivity contribution in [3.63, 3.8) is 0 Å². The van der Waals surface area contributed by atoms with E-state index in [4.69, 9.17) is 27.9 Å². The summed E-state index contributed by atoms with van der Waals surface area (Å²) in [5, 5.41) is 3.53. The van der Waals surface area contributed by atoms with E-state index in [9.17, 15) is 9.59 Å². The Labute approximate surface area is 149 Å². The number of amides is 2. The molecule has 0 aliphatic carbocycles. The molecule has 1 aliphatic rings. The molecule has 0 aromatic heterocycles. The first-order valence-corrected chi connectivity index (χ1v) is 7.99. The van der Waals surface area contributed by atoms with Crippen LogP contribution in [-0.2, 0) is 9.59 Å². The highest BCUT2D eigenvalue weighted by Gasteiger charge is 2.40. The summed E-state index contributed by atoms with van der Waals surface area (Å²) in [4.78, 5) is 26.1. The summed E-state index contributed by atoms with van der Waals surface area (Å²) in [6.07, 6.45) is 0.0275. The number of carbonyl (C=O) groups is 2. The van der Waals surface area contributed by atoms with Crippen molar-refractivity contribution < 1.29 is 14.3 Å². The number of para-hydroxylation sites is 2. The minimum absolute atomic E-state index is 0.0275. The third kappa shape index (κ3) is 2.92. The van der Waals surface area contributed by atoms with Crippen LogP contribution in [0.5, 0.6) is 5.75 Å². The maximum Gasteiger partial charge on any atom is 0.256 e. The van der Waals surface area contributed by atoms with E-state index in [1.807, 2.05) is 12.1 Å². The van der Waals surface area contributed by atoms with E-state index in [1.165, 1.54) is 0 Å². The van der Waals surface area contributed by atoms with E-state index >= 15 is 0 Å². The van der Waals surface area contributed by atoms with E-state index in [2.05, 4.69) is 5.32 Å². The highest BCUT2D eigenvalue weighted by Crippen LogP contribution is 2.36. The van der Waals surface area contributed by atoms with Crippen LogP contribution in [0.2, 0.25) is 10.0 Å². The standard InChI is InChI=1S/C17H14Cl2N2O3/c1-24-14-8-3-2-6-11(14)20-12-9-15(22)21(17(12)23)13-7-4-5-10(18)16(13)19/h2-8,12,20H,9H2,1H3/t12-/m1/s1. The average molecular weight is 365 g/mol. The number of nitrogens with zero attached hydrogens (tertiary/aromatic N) is 1. The zero-order valence-electron chi connectivity index (χ0n) is 12.8. The lowest BCUT2D eigenvalue weighted by molar-refractivity contribution is -0.121. The first kappa shape index (κ1) is 16.6. The normalized spacial score (nSPS) is 17.3. The molecule has 0 saturated carbocycles. The van der Waals surface area contributed by atoms with Crippen molar-refractivity contribution in [2.45, 2.75) is 12.5 Å². The smallest absolute Gasteiger partial charge is 0.256 e. The van der Waals surface area contributed by atoms with Crippen molar-refractivity contribution in [2.75, 3.05) is 17.3 Å². The van der Waals surface area contributed by atoms with Gasteiger partial charge >= 0.3 is 0 Å². The van der Waals surface area contributed by atoms with Crippen molar-refractivity contribution >= 4 is 46.4 Å². The molecule has 1 atom stereocenters. The minimum atomic E-state index is -0.691. The third-order valence-corrected chi connectivity index (χ3v) is 4.56. The molecule has 0 bridgehead atoms. The summed E-state index contributed by atoms with van der Waals surface area (Å²) in [6, 6.07) is 11.3. The predicted molar refractivity (Wildman–Crippen MR) is 94.0 cm³/mol. The second-order valence-corrected chi connectivity index (χ2v) is 6.03. The molecule has 1 heterocycles. The Balaban J connectivity index is 1.88. The fourth-order valence-corrected chi connectivity index (χ4v) is 2.99. The molecule has 0 spiro atoms. The fourth-order valence-electron chi connectivity index (χ4n) is 2.61.